The van der Waals surface area contributed by atoms with E-state index in [2.05, 4.69) is 11.8 Å². The Morgan fingerprint density at radius 3 is 2.81 bits per heavy atom. The predicted octanol–water partition coefficient (Wildman–Crippen LogP) is 2.84. The van der Waals surface area contributed by atoms with Crippen molar-refractivity contribution in [2.45, 2.75) is 25.5 Å². The number of ether oxygens (including phenoxy) is 2. The van der Waals surface area contributed by atoms with Crippen LogP contribution in [0.3, 0.4) is 0 Å². The fraction of sp³-hybridized carbons (Fsp3) is 0.600. The topological polar surface area (TPSA) is 41.9 Å². The van der Waals surface area contributed by atoms with Crippen LogP contribution in [0.1, 0.15) is 13.3 Å². The van der Waals surface area contributed by atoms with E-state index in [-0.39, 0.29) is 6.61 Å². The Hall–Kier alpha value is -0.520. The van der Waals surface area contributed by atoms with Gasteiger partial charge in [0.05, 0.1) is 16.7 Å². The fourth-order valence-corrected chi connectivity index (χ4v) is 2.84. The minimum atomic E-state index is -0.599. The summed E-state index contributed by atoms with van der Waals surface area (Å²) < 4.78 is 11.0. The van der Waals surface area contributed by atoms with Crippen molar-refractivity contribution in [2.24, 2.45) is 0 Å². The summed E-state index contributed by atoms with van der Waals surface area (Å²) in [4.78, 5) is 2.22. The van der Waals surface area contributed by atoms with Crippen LogP contribution in [-0.2, 0) is 4.74 Å². The molecule has 1 fully saturated rings. The summed E-state index contributed by atoms with van der Waals surface area (Å²) in [6, 6.07) is 5.57. The van der Waals surface area contributed by atoms with Gasteiger partial charge in [0.1, 0.15) is 12.7 Å². The summed E-state index contributed by atoms with van der Waals surface area (Å²) in [6.07, 6.45) is 0.377. The van der Waals surface area contributed by atoms with Gasteiger partial charge in [0, 0.05) is 25.7 Å². The van der Waals surface area contributed by atoms with Crippen LogP contribution in [0.4, 0.5) is 0 Å². The Bertz CT molecular complexity index is 438. The van der Waals surface area contributed by atoms with Crippen LogP contribution in [0.25, 0.3) is 0 Å². The zero-order chi connectivity index (χ0) is 15.2. The molecule has 0 spiro atoms. The van der Waals surface area contributed by atoms with Crippen molar-refractivity contribution in [1.82, 2.24) is 4.90 Å². The van der Waals surface area contributed by atoms with Crippen molar-refractivity contribution in [3.05, 3.63) is 28.2 Å². The summed E-state index contributed by atoms with van der Waals surface area (Å²) in [5.74, 6) is 0.423. The van der Waals surface area contributed by atoms with Gasteiger partial charge in [0.15, 0.2) is 5.75 Å². The van der Waals surface area contributed by atoms with Crippen LogP contribution in [0, 0.1) is 0 Å². The molecule has 2 atom stereocenters. The number of hydrogen-bond donors (Lipinski definition) is 1. The maximum absolute atomic E-state index is 10.2. The monoisotopic (exact) mass is 333 g/mol. The lowest BCUT2D eigenvalue weighted by Gasteiger charge is -2.28. The van der Waals surface area contributed by atoms with Crippen molar-refractivity contribution in [3.8, 4) is 5.75 Å². The van der Waals surface area contributed by atoms with Crippen molar-refractivity contribution < 1.29 is 14.6 Å². The predicted molar refractivity (Wildman–Crippen MR) is 84.4 cm³/mol. The smallest absolute Gasteiger partial charge is 0.156 e. The molecule has 1 N–H and O–H groups in total. The average Bonchev–Trinajstić information content (AvgIpc) is 2.64. The molecule has 6 heteroatoms. The molecule has 118 valence electrons. The van der Waals surface area contributed by atoms with E-state index in [0.29, 0.717) is 35.0 Å². The molecule has 0 radical (unpaired) electrons. The molecule has 2 unspecified atom stereocenters. The Labute approximate surface area is 135 Å². The number of nitrogens with zero attached hydrogens (tertiary/aromatic N) is 1. The van der Waals surface area contributed by atoms with Crippen LogP contribution in [0.15, 0.2) is 18.2 Å². The third-order valence-corrected chi connectivity index (χ3v) is 4.21. The number of aliphatic hydroxyl groups is 1. The van der Waals surface area contributed by atoms with Crippen LogP contribution >= 0.6 is 23.2 Å². The molecule has 0 aliphatic carbocycles. The van der Waals surface area contributed by atoms with E-state index in [1.54, 1.807) is 18.2 Å². The third-order valence-electron chi connectivity index (χ3n) is 3.61. The van der Waals surface area contributed by atoms with E-state index in [9.17, 15) is 5.11 Å². The second-order valence-corrected chi connectivity index (χ2v) is 6.08. The molecule has 1 aliphatic rings. The minimum Gasteiger partial charge on any atom is -0.488 e. The molecule has 0 amide bonds. The van der Waals surface area contributed by atoms with Crippen LogP contribution in [-0.4, -0.2) is 55.1 Å². The van der Waals surface area contributed by atoms with Gasteiger partial charge in [-0.25, -0.2) is 0 Å². The zero-order valence-corrected chi connectivity index (χ0v) is 13.6. The highest BCUT2D eigenvalue weighted by Crippen LogP contribution is 2.32. The van der Waals surface area contributed by atoms with Crippen LogP contribution in [0.2, 0.25) is 10.0 Å². The van der Waals surface area contributed by atoms with Crippen LogP contribution < -0.4 is 4.74 Å². The number of para-hydroxylation sites is 1. The summed E-state index contributed by atoms with van der Waals surface area (Å²) in [5.41, 5.74) is 0. The molecule has 21 heavy (non-hydrogen) atoms. The highest BCUT2D eigenvalue weighted by atomic mass is 35.5. The molecular weight excluding hydrogens is 313 g/mol. The minimum absolute atomic E-state index is 0.160. The second-order valence-electron chi connectivity index (χ2n) is 5.26. The molecule has 0 saturated carbocycles. The van der Waals surface area contributed by atoms with Gasteiger partial charge in [-0.15, -0.1) is 0 Å². The number of benzene rings is 1. The number of halogens is 2. The first-order chi connectivity index (χ1) is 10.1. The lowest BCUT2D eigenvalue weighted by molar-refractivity contribution is 0.0544. The highest BCUT2D eigenvalue weighted by molar-refractivity contribution is 6.37. The maximum atomic E-state index is 10.2. The molecule has 0 bridgehead atoms. The number of hydrogen-bond acceptors (Lipinski definition) is 4. The molecule has 1 heterocycles. The van der Waals surface area contributed by atoms with E-state index < -0.39 is 6.10 Å². The standard InChI is InChI=1S/C15H21Cl2NO3/c1-11-5-7-20-8-6-18(11)9-12(19)10-21-15-13(16)3-2-4-14(15)17/h2-4,11-12,19H,5-10H2,1H3. The van der Waals surface area contributed by atoms with Gasteiger partial charge < -0.3 is 14.6 Å². The Morgan fingerprint density at radius 2 is 2.10 bits per heavy atom. The van der Waals surface area contributed by atoms with E-state index in [0.717, 1.165) is 19.6 Å². The molecule has 1 aromatic carbocycles. The van der Waals surface area contributed by atoms with Crippen molar-refractivity contribution in [3.63, 3.8) is 0 Å². The Kier molecular flexibility index (Phi) is 6.58. The summed E-state index contributed by atoms with van der Waals surface area (Å²) in [7, 11) is 0. The Morgan fingerprint density at radius 1 is 1.38 bits per heavy atom. The van der Waals surface area contributed by atoms with Gasteiger partial charge >= 0.3 is 0 Å². The quantitative estimate of drug-likeness (QED) is 0.899. The maximum Gasteiger partial charge on any atom is 0.156 e. The van der Waals surface area contributed by atoms with Crippen LogP contribution in [0.5, 0.6) is 5.75 Å². The lowest BCUT2D eigenvalue weighted by atomic mass is 10.2. The summed E-state index contributed by atoms with van der Waals surface area (Å²) in [6.45, 7) is 5.16. The average molecular weight is 334 g/mol. The van der Waals surface area contributed by atoms with Gasteiger partial charge in [-0.3, -0.25) is 4.90 Å². The van der Waals surface area contributed by atoms with Crippen molar-refractivity contribution in [2.75, 3.05) is 32.9 Å². The van der Waals surface area contributed by atoms with E-state index in [1.807, 2.05) is 0 Å². The summed E-state index contributed by atoms with van der Waals surface area (Å²) in [5, 5.41) is 11.1. The van der Waals surface area contributed by atoms with E-state index in [4.69, 9.17) is 32.7 Å². The van der Waals surface area contributed by atoms with Crippen molar-refractivity contribution >= 4 is 23.2 Å². The molecule has 1 saturated heterocycles. The summed E-state index contributed by atoms with van der Waals surface area (Å²) >= 11 is 12.1. The molecule has 1 aromatic rings. The first-order valence-electron chi connectivity index (χ1n) is 7.14. The number of rotatable bonds is 5. The SMILES string of the molecule is CC1CCOCCN1CC(O)COc1c(Cl)cccc1Cl. The molecular formula is C15H21Cl2NO3. The molecule has 1 aliphatic heterocycles. The highest BCUT2D eigenvalue weighted by Gasteiger charge is 2.20. The third kappa shape index (κ3) is 5.01. The van der Waals surface area contributed by atoms with Crippen molar-refractivity contribution in [1.29, 1.82) is 0 Å². The van der Waals surface area contributed by atoms with Gasteiger partial charge in [0.2, 0.25) is 0 Å². The molecule has 2 rings (SSSR count). The first-order valence-corrected chi connectivity index (χ1v) is 7.90. The van der Waals surface area contributed by atoms with E-state index >= 15 is 0 Å². The van der Waals surface area contributed by atoms with Gasteiger partial charge in [0.25, 0.3) is 0 Å². The zero-order valence-electron chi connectivity index (χ0n) is 12.1. The van der Waals surface area contributed by atoms with Gasteiger partial charge in [-0.2, -0.15) is 0 Å². The first kappa shape index (κ1) is 16.8. The lowest BCUT2D eigenvalue weighted by Crippen LogP contribution is -2.41. The molecule has 0 aromatic heterocycles. The normalized spacial score (nSPS) is 21.8. The second kappa shape index (κ2) is 8.20. The largest absolute Gasteiger partial charge is 0.488 e. The number of aliphatic hydroxyl groups excluding tert-OH is 1. The molecule has 4 nitrogen and oxygen atoms in total. The van der Waals surface area contributed by atoms with Gasteiger partial charge in [-0.05, 0) is 25.5 Å². The Balaban J connectivity index is 1.85. The van der Waals surface area contributed by atoms with Gasteiger partial charge in [-0.1, -0.05) is 29.3 Å². The van der Waals surface area contributed by atoms with E-state index in [1.165, 1.54) is 0 Å². The fourth-order valence-electron chi connectivity index (χ4n) is 2.34. The number of β-amino-alcohol motifs (C(OH)–C–C–N with tert-alkyl or cyclic N) is 1.